The van der Waals surface area contributed by atoms with Crippen molar-refractivity contribution in [3.63, 3.8) is 0 Å². The number of hydrogen-bond acceptors (Lipinski definition) is 5. The molecule has 0 amide bonds. The van der Waals surface area contributed by atoms with Crippen molar-refractivity contribution in [2.45, 2.75) is 36.7 Å². The lowest BCUT2D eigenvalue weighted by molar-refractivity contribution is 0.0661. The van der Waals surface area contributed by atoms with Gasteiger partial charge in [0.05, 0.1) is 6.10 Å². The summed E-state index contributed by atoms with van der Waals surface area (Å²) < 4.78 is 31.4. The highest BCUT2D eigenvalue weighted by Gasteiger charge is 2.27. The summed E-state index contributed by atoms with van der Waals surface area (Å²) >= 11 is 2.91. The van der Waals surface area contributed by atoms with E-state index >= 15 is 0 Å². The first-order valence-electron chi connectivity index (χ1n) is 6.50. The van der Waals surface area contributed by atoms with Gasteiger partial charge in [-0.05, 0) is 41.1 Å². The van der Waals surface area contributed by atoms with Crippen LogP contribution in [0.2, 0.25) is 0 Å². The summed E-state index contributed by atoms with van der Waals surface area (Å²) in [7, 11) is -3.86. The van der Waals surface area contributed by atoms with Gasteiger partial charge in [-0.25, -0.2) is 17.9 Å². The number of sulfonamides is 1. The standard InChI is InChI=1S/C12H16BrNO6S/c13-11-10(5-9(20-11)12(16)17)21(18,19)14-6-7-2-1-3-8(15)4-7/h5,7-8,14-15H,1-4,6H2,(H,16,17). The second-order valence-corrected chi connectivity index (χ2v) is 7.55. The molecule has 1 heterocycles. The molecule has 118 valence electrons. The average molecular weight is 382 g/mol. The minimum Gasteiger partial charge on any atom is -0.475 e. The second-order valence-electron chi connectivity index (χ2n) is 5.09. The van der Waals surface area contributed by atoms with Gasteiger partial charge < -0.3 is 14.6 Å². The summed E-state index contributed by atoms with van der Waals surface area (Å²) in [4.78, 5) is 10.5. The first-order valence-corrected chi connectivity index (χ1v) is 8.77. The van der Waals surface area contributed by atoms with Crippen LogP contribution in [-0.2, 0) is 10.0 Å². The second kappa shape index (κ2) is 6.47. The van der Waals surface area contributed by atoms with E-state index in [0.29, 0.717) is 6.42 Å². The van der Waals surface area contributed by atoms with Crippen molar-refractivity contribution in [1.82, 2.24) is 4.72 Å². The zero-order valence-corrected chi connectivity index (χ0v) is 13.5. The zero-order valence-electron chi connectivity index (χ0n) is 11.1. The average Bonchev–Trinajstić information content (AvgIpc) is 2.80. The lowest BCUT2D eigenvalue weighted by atomic mass is 9.87. The smallest absolute Gasteiger partial charge is 0.371 e. The van der Waals surface area contributed by atoms with Crippen molar-refractivity contribution >= 4 is 31.9 Å². The molecule has 1 aromatic heterocycles. The summed E-state index contributed by atoms with van der Waals surface area (Å²) in [6.07, 6.45) is 2.65. The minimum atomic E-state index is -3.86. The highest BCUT2D eigenvalue weighted by atomic mass is 79.9. The molecule has 0 saturated heterocycles. The van der Waals surface area contributed by atoms with E-state index in [1.54, 1.807) is 0 Å². The van der Waals surface area contributed by atoms with Crippen LogP contribution in [0.15, 0.2) is 20.0 Å². The van der Waals surface area contributed by atoms with Gasteiger partial charge in [0.2, 0.25) is 15.8 Å². The zero-order chi connectivity index (χ0) is 15.6. The maximum Gasteiger partial charge on any atom is 0.371 e. The molecule has 2 rings (SSSR count). The Morgan fingerprint density at radius 2 is 2.19 bits per heavy atom. The van der Waals surface area contributed by atoms with Crippen molar-refractivity contribution in [3.8, 4) is 0 Å². The van der Waals surface area contributed by atoms with Crippen molar-refractivity contribution in [1.29, 1.82) is 0 Å². The number of aliphatic hydroxyl groups is 1. The molecule has 1 fully saturated rings. The van der Waals surface area contributed by atoms with E-state index in [-0.39, 0.29) is 28.1 Å². The first-order chi connectivity index (χ1) is 9.79. The molecule has 2 atom stereocenters. The van der Waals surface area contributed by atoms with Crippen LogP contribution >= 0.6 is 15.9 Å². The molecular formula is C12H16BrNO6S. The molecule has 3 N–H and O–H groups in total. The van der Waals surface area contributed by atoms with Gasteiger partial charge in [-0.3, -0.25) is 0 Å². The Balaban J connectivity index is 2.06. The number of aromatic carboxylic acids is 1. The lowest BCUT2D eigenvalue weighted by Crippen LogP contribution is -2.33. The molecular weight excluding hydrogens is 366 g/mol. The van der Waals surface area contributed by atoms with Crippen LogP contribution < -0.4 is 4.72 Å². The Labute approximate surface area is 130 Å². The number of carboxylic acids is 1. The number of halogens is 1. The highest BCUT2D eigenvalue weighted by Crippen LogP contribution is 2.27. The predicted octanol–water partition coefficient (Wildman–Crippen LogP) is 1.57. The normalized spacial score (nSPS) is 23.1. The molecule has 21 heavy (non-hydrogen) atoms. The molecule has 1 saturated carbocycles. The Bertz CT molecular complexity index is 626. The fourth-order valence-electron chi connectivity index (χ4n) is 2.39. The number of rotatable bonds is 5. The molecule has 1 aromatic rings. The predicted molar refractivity (Wildman–Crippen MR) is 76.5 cm³/mol. The van der Waals surface area contributed by atoms with Gasteiger partial charge in [0.25, 0.3) is 0 Å². The van der Waals surface area contributed by atoms with Crippen LogP contribution in [0.25, 0.3) is 0 Å². The number of carboxylic acid groups (broad SMARTS) is 1. The molecule has 0 bridgehead atoms. The van der Waals surface area contributed by atoms with Crippen molar-refractivity contribution in [2.75, 3.05) is 6.54 Å². The quantitative estimate of drug-likeness (QED) is 0.712. The van der Waals surface area contributed by atoms with Gasteiger partial charge in [0.15, 0.2) is 4.67 Å². The van der Waals surface area contributed by atoms with Gasteiger partial charge in [0.1, 0.15) is 4.90 Å². The molecule has 0 radical (unpaired) electrons. The van der Waals surface area contributed by atoms with Crippen LogP contribution in [-0.4, -0.2) is 37.2 Å². The molecule has 0 spiro atoms. The van der Waals surface area contributed by atoms with Gasteiger partial charge in [-0.15, -0.1) is 0 Å². The van der Waals surface area contributed by atoms with E-state index in [1.165, 1.54) is 0 Å². The van der Waals surface area contributed by atoms with Crippen molar-refractivity contribution < 1.29 is 27.8 Å². The molecule has 9 heteroatoms. The van der Waals surface area contributed by atoms with E-state index < -0.39 is 21.8 Å². The number of aliphatic hydroxyl groups excluding tert-OH is 1. The topological polar surface area (TPSA) is 117 Å². The number of hydrogen-bond donors (Lipinski definition) is 3. The maximum atomic E-state index is 12.2. The van der Waals surface area contributed by atoms with Gasteiger partial charge in [0, 0.05) is 12.6 Å². The number of carbonyl (C=O) groups is 1. The van der Waals surface area contributed by atoms with E-state index in [0.717, 1.165) is 25.3 Å². The third-order valence-corrected chi connectivity index (χ3v) is 5.75. The Morgan fingerprint density at radius 3 is 2.76 bits per heavy atom. The first kappa shape index (κ1) is 16.5. The SMILES string of the molecule is O=C(O)c1cc(S(=O)(=O)NCC2CCCC(O)C2)c(Br)o1. The van der Waals surface area contributed by atoms with Crippen LogP contribution in [0.1, 0.15) is 36.2 Å². The number of nitrogens with one attached hydrogen (secondary N) is 1. The Kier molecular flexibility index (Phi) is 5.07. The highest BCUT2D eigenvalue weighted by molar-refractivity contribution is 9.10. The molecule has 2 unspecified atom stereocenters. The molecule has 1 aliphatic rings. The fourth-order valence-corrected chi connectivity index (χ4v) is 4.45. The third kappa shape index (κ3) is 4.06. The van der Waals surface area contributed by atoms with Crippen molar-refractivity contribution in [3.05, 3.63) is 16.5 Å². The summed E-state index contributed by atoms with van der Waals surface area (Å²) in [5.74, 6) is -1.71. The fraction of sp³-hybridized carbons (Fsp3) is 0.583. The maximum absolute atomic E-state index is 12.2. The van der Waals surface area contributed by atoms with Crippen LogP contribution in [0.3, 0.4) is 0 Å². The monoisotopic (exact) mass is 381 g/mol. The van der Waals surface area contributed by atoms with Gasteiger partial charge in [-0.1, -0.05) is 6.42 Å². The minimum absolute atomic E-state index is 0.0770. The summed E-state index contributed by atoms with van der Waals surface area (Å²) in [6, 6.07) is 0.963. The van der Waals surface area contributed by atoms with Gasteiger partial charge in [-0.2, -0.15) is 0 Å². The lowest BCUT2D eigenvalue weighted by Gasteiger charge is -2.25. The molecule has 7 nitrogen and oxygen atoms in total. The van der Waals surface area contributed by atoms with Crippen LogP contribution in [0.4, 0.5) is 0 Å². The van der Waals surface area contributed by atoms with Gasteiger partial charge >= 0.3 is 5.97 Å². The van der Waals surface area contributed by atoms with E-state index in [9.17, 15) is 18.3 Å². The van der Waals surface area contributed by atoms with E-state index in [4.69, 9.17) is 9.52 Å². The summed E-state index contributed by atoms with van der Waals surface area (Å²) in [6.45, 7) is 0.208. The Hall–Kier alpha value is -0.900. The largest absolute Gasteiger partial charge is 0.475 e. The van der Waals surface area contributed by atoms with E-state index in [1.807, 2.05) is 0 Å². The molecule has 1 aliphatic carbocycles. The molecule has 0 aromatic carbocycles. The summed E-state index contributed by atoms with van der Waals surface area (Å²) in [5.41, 5.74) is 0. The van der Waals surface area contributed by atoms with Crippen LogP contribution in [0.5, 0.6) is 0 Å². The van der Waals surface area contributed by atoms with Crippen molar-refractivity contribution in [2.24, 2.45) is 5.92 Å². The third-order valence-electron chi connectivity index (χ3n) is 3.47. The number of furan rings is 1. The van der Waals surface area contributed by atoms with Crippen LogP contribution in [0, 0.1) is 5.92 Å². The Morgan fingerprint density at radius 1 is 1.48 bits per heavy atom. The van der Waals surface area contributed by atoms with E-state index in [2.05, 4.69) is 20.7 Å². The molecule has 0 aliphatic heterocycles. The summed E-state index contributed by atoms with van der Waals surface area (Å²) in [5, 5.41) is 18.4.